The molecule has 0 spiro atoms. The maximum Gasteiger partial charge on any atom is 0.306 e. The molecule has 0 aliphatic rings. The highest BCUT2D eigenvalue weighted by atomic mass is 16.6. The van der Waals surface area contributed by atoms with Crippen molar-refractivity contribution in [2.24, 2.45) is 0 Å². The maximum atomic E-state index is 12.8. The van der Waals surface area contributed by atoms with Gasteiger partial charge in [-0.1, -0.05) is 202 Å². The van der Waals surface area contributed by atoms with E-state index in [0.29, 0.717) is 19.3 Å². The summed E-state index contributed by atoms with van der Waals surface area (Å²) >= 11 is 0. The predicted molar refractivity (Wildman–Crippen MR) is 284 cm³/mol. The summed E-state index contributed by atoms with van der Waals surface area (Å²) in [5, 5.41) is 0. The molecule has 378 valence electrons. The van der Waals surface area contributed by atoms with Crippen molar-refractivity contribution in [1.82, 2.24) is 0 Å². The van der Waals surface area contributed by atoms with Gasteiger partial charge in [0.1, 0.15) is 13.2 Å². The summed E-state index contributed by atoms with van der Waals surface area (Å²) in [6.07, 6.45) is 69.9. The van der Waals surface area contributed by atoms with Crippen LogP contribution in [-0.2, 0) is 28.6 Å². The van der Waals surface area contributed by atoms with Gasteiger partial charge in [-0.2, -0.15) is 0 Å². The van der Waals surface area contributed by atoms with Crippen molar-refractivity contribution in [3.8, 4) is 0 Å². The largest absolute Gasteiger partial charge is 0.462 e. The summed E-state index contributed by atoms with van der Waals surface area (Å²) in [5.41, 5.74) is 0. The van der Waals surface area contributed by atoms with E-state index in [4.69, 9.17) is 14.2 Å². The van der Waals surface area contributed by atoms with Gasteiger partial charge in [-0.25, -0.2) is 0 Å². The van der Waals surface area contributed by atoms with Crippen LogP contribution in [0.1, 0.15) is 258 Å². The lowest BCUT2D eigenvalue weighted by atomic mass is 10.1. The molecular formula is C60H102O6. The van der Waals surface area contributed by atoms with Gasteiger partial charge >= 0.3 is 17.9 Å². The first-order chi connectivity index (χ1) is 32.5. The smallest absolute Gasteiger partial charge is 0.306 e. The molecule has 0 aliphatic carbocycles. The molecule has 0 aromatic heterocycles. The number of hydrogen-bond donors (Lipinski definition) is 0. The fourth-order valence-corrected chi connectivity index (χ4v) is 7.39. The molecule has 0 rings (SSSR count). The van der Waals surface area contributed by atoms with E-state index in [9.17, 15) is 14.4 Å². The van der Waals surface area contributed by atoms with Crippen molar-refractivity contribution in [2.45, 2.75) is 264 Å². The molecule has 0 N–H and O–H groups in total. The molecule has 0 aromatic carbocycles. The zero-order valence-electron chi connectivity index (χ0n) is 43.2. The molecule has 0 bridgehead atoms. The van der Waals surface area contributed by atoms with Crippen molar-refractivity contribution in [3.63, 3.8) is 0 Å². The third-order valence-electron chi connectivity index (χ3n) is 11.6. The SMILES string of the molecule is CCCCC/C=C\C/C=C\C/C=C\CCCCCCCCC(=O)OC[C@@H](COC(=O)CCCCCCC/C=C\CCCCCCC)OC(=O)CCCC/C=C\C/C=C\C/C=C\CCCCC. The van der Waals surface area contributed by atoms with Crippen LogP contribution in [0.4, 0.5) is 0 Å². The van der Waals surface area contributed by atoms with Gasteiger partial charge in [0.25, 0.3) is 0 Å². The molecule has 1 atom stereocenters. The zero-order valence-corrected chi connectivity index (χ0v) is 43.2. The minimum Gasteiger partial charge on any atom is -0.462 e. The van der Waals surface area contributed by atoms with Crippen LogP contribution in [0.3, 0.4) is 0 Å². The van der Waals surface area contributed by atoms with Crippen molar-refractivity contribution in [1.29, 1.82) is 0 Å². The van der Waals surface area contributed by atoms with E-state index in [0.717, 1.165) is 89.9 Å². The Morgan fingerprint density at radius 2 is 0.545 bits per heavy atom. The van der Waals surface area contributed by atoms with E-state index in [2.05, 4.69) is 106 Å². The minimum atomic E-state index is -0.806. The van der Waals surface area contributed by atoms with Gasteiger partial charge in [0.15, 0.2) is 6.10 Å². The van der Waals surface area contributed by atoms with Crippen molar-refractivity contribution >= 4 is 17.9 Å². The van der Waals surface area contributed by atoms with E-state index in [1.54, 1.807) is 0 Å². The number of allylic oxidation sites excluding steroid dienone is 14. The molecule has 0 aliphatic heterocycles. The third-order valence-corrected chi connectivity index (χ3v) is 11.6. The average molecular weight is 919 g/mol. The van der Waals surface area contributed by atoms with Gasteiger partial charge in [0.05, 0.1) is 0 Å². The van der Waals surface area contributed by atoms with E-state index >= 15 is 0 Å². The van der Waals surface area contributed by atoms with Crippen molar-refractivity contribution in [3.05, 3.63) is 85.1 Å². The van der Waals surface area contributed by atoms with Crippen LogP contribution >= 0.6 is 0 Å². The summed E-state index contributed by atoms with van der Waals surface area (Å²) < 4.78 is 16.8. The molecule has 6 heteroatoms. The number of unbranched alkanes of at least 4 members (excludes halogenated alkanes) is 24. The normalized spacial score (nSPS) is 12.7. The van der Waals surface area contributed by atoms with Gasteiger partial charge in [-0.05, 0) is 122 Å². The molecule has 0 aromatic rings. The van der Waals surface area contributed by atoms with Crippen LogP contribution in [0, 0.1) is 0 Å². The Morgan fingerprint density at radius 1 is 0.303 bits per heavy atom. The van der Waals surface area contributed by atoms with Gasteiger partial charge in [-0.15, -0.1) is 0 Å². The molecule has 66 heavy (non-hydrogen) atoms. The number of ether oxygens (including phenoxy) is 3. The van der Waals surface area contributed by atoms with Crippen molar-refractivity contribution < 1.29 is 28.6 Å². The third kappa shape index (κ3) is 51.6. The maximum absolute atomic E-state index is 12.8. The minimum absolute atomic E-state index is 0.101. The Kier molecular flexibility index (Phi) is 51.4. The molecule has 0 fully saturated rings. The lowest BCUT2D eigenvalue weighted by Gasteiger charge is -2.18. The van der Waals surface area contributed by atoms with Crippen LogP contribution in [0.2, 0.25) is 0 Å². The molecule has 6 nitrogen and oxygen atoms in total. The molecule has 0 unspecified atom stereocenters. The van der Waals surface area contributed by atoms with Gasteiger partial charge in [0, 0.05) is 19.3 Å². The number of esters is 3. The molecular weight excluding hydrogens is 817 g/mol. The van der Waals surface area contributed by atoms with Crippen LogP contribution in [0.25, 0.3) is 0 Å². The second kappa shape index (κ2) is 54.2. The van der Waals surface area contributed by atoms with Crippen LogP contribution in [-0.4, -0.2) is 37.2 Å². The van der Waals surface area contributed by atoms with E-state index in [1.165, 1.54) is 122 Å². The van der Waals surface area contributed by atoms with Crippen molar-refractivity contribution in [2.75, 3.05) is 13.2 Å². The standard InChI is InChI=1S/C60H102O6/c1-4-7-10-13-16-19-22-25-28-29-30-31-33-35-38-41-44-47-50-53-59(62)65-56-57(55-64-58(61)52-49-46-43-40-37-34-27-24-21-18-15-12-9-6-3)66-60(63)54-51-48-45-42-39-36-32-26-23-20-17-14-11-8-5-2/h16-17,19-20,24-28,30-32,39,42,57H,4-15,18,21-23,29,33-38,40-41,43-56H2,1-3H3/b19-16-,20-17-,27-24-,28-25-,31-30-,32-26-,42-39-/t57-/m1/s1. The molecule has 0 radical (unpaired) electrons. The summed E-state index contributed by atoms with van der Waals surface area (Å²) in [4.78, 5) is 38.1. The average Bonchev–Trinajstić information content (AvgIpc) is 3.31. The Labute approximate surface area is 407 Å². The number of rotatable bonds is 49. The fourth-order valence-electron chi connectivity index (χ4n) is 7.39. The van der Waals surface area contributed by atoms with Gasteiger partial charge < -0.3 is 14.2 Å². The topological polar surface area (TPSA) is 78.9 Å². The zero-order chi connectivity index (χ0) is 47.9. The quantitative estimate of drug-likeness (QED) is 0.0262. The molecule has 0 amide bonds. The summed E-state index contributed by atoms with van der Waals surface area (Å²) in [7, 11) is 0. The summed E-state index contributed by atoms with van der Waals surface area (Å²) in [5.74, 6) is -0.958. The molecule has 0 saturated carbocycles. The number of carbonyl (C=O) groups is 3. The highest BCUT2D eigenvalue weighted by Gasteiger charge is 2.19. The Bertz CT molecular complexity index is 1290. The predicted octanol–water partition coefficient (Wildman–Crippen LogP) is 18.4. The first-order valence-corrected chi connectivity index (χ1v) is 27.6. The second-order valence-corrected chi connectivity index (χ2v) is 18.1. The van der Waals surface area contributed by atoms with E-state index in [-0.39, 0.29) is 37.5 Å². The summed E-state index contributed by atoms with van der Waals surface area (Å²) in [6, 6.07) is 0. The Balaban J connectivity index is 4.47. The van der Waals surface area contributed by atoms with Crippen LogP contribution < -0.4 is 0 Å². The monoisotopic (exact) mass is 919 g/mol. The molecule has 0 saturated heterocycles. The highest BCUT2D eigenvalue weighted by Crippen LogP contribution is 2.13. The van der Waals surface area contributed by atoms with Crippen LogP contribution in [0.15, 0.2) is 85.1 Å². The van der Waals surface area contributed by atoms with Crippen LogP contribution in [0.5, 0.6) is 0 Å². The first-order valence-electron chi connectivity index (χ1n) is 27.6. The number of hydrogen-bond acceptors (Lipinski definition) is 6. The van der Waals surface area contributed by atoms with Gasteiger partial charge in [-0.3, -0.25) is 14.4 Å². The number of carbonyl (C=O) groups excluding carboxylic acids is 3. The summed E-state index contributed by atoms with van der Waals surface area (Å²) in [6.45, 7) is 6.53. The van der Waals surface area contributed by atoms with Gasteiger partial charge in [0.2, 0.25) is 0 Å². The fraction of sp³-hybridized carbons (Fsp3) is 0.717. The lowest BCUT2D eigenvalue weighted by molar-refractivity contribution is -0.167. The Hall–Kier alpha value is -3.41. The second-order valence-electron chi connectivity index (χ2n) is 18.1. The Morgan fingerprint density at radius 3 is 0.924 bits per heavy atom. The lowest BCUT2D eigenvalue weighted by Crippen LogP contribution is -2.30. The first kappa shape index (κ1) is 62.6. The van der Waals surface area contributed by atoms with E-state index < -0.39 is 6.10 Å². The van der Waals surface area contributed by atoms with E-state index in [1.807, 2.05) is 0 Å². The molecule has 0 heterocycles. The highest BCUT2D eigenvalue weighted by molar-refractivity contribution is 5.71.